The monoisotopic (exact) mass is 751 g/mol. The highest BCUT2D eigenvalue weighted by atomic mass is 15.0. The number of rotatable bonds is 1. The first-order chi connectivity index (χ1) is 29.0. The van der Waals surface area contributed by atoms with Gasteiger partial charge < -0.3 is 14.1 Å². The highest BCUT2D eigenvalue weighted by Gasteiger charge is 2.36. The average molecular weight is 752 g/mol. The first-order valence-corrected chi connectivity index (χ1v) is 20.8. The van der Waals surface area contributed by atoms with Gasteiger partial charge in [0.05, 0.1) is 17.1 Å². The molecule has 1 N–H and O–H groups in total. The smallest absolute Gasteiger partial charge is 0.0857 e. The van der Waals surface area contributed by atoms with E-state index in [-0.39, 0.29) is 6.04 Å². The Kier molecular flexibility index (Phi) is 5.89. The van der Waals surface area contributed by atoms with Gasteiger partial charge in [-0.25, -0.2) is 0 Å². The fraction of sp³-hybridized carbons (Fsp3) is 0.0714. The molecule has 59 heavy (non-hydrogen) atoms. The molecule has 0 spiro atoms. The van der Waals surface area contributed by atoms with E-state index < -0.39 is 0 Å². The van der Waals surface area contributed by atoms with E-state index in [1.54, 1.807) is 0 Å². The lowest BCUT2D eigenvalue weighted by atomic mass is 9.91. The molecule has 3 heterocycles. The van der Waals surface area contributed by atoms with Crippen LogP contribution >= 0.6 is 0 Å². The molecule has 0 amide bonds. The molecule has 0 saturated carbocycles. The molecule has 0 aliphatic heterocycles. The minimum atomic E-state index is -0.0253. The molecular weight excluding hydrogens is 715 g/mol. The summed E-state index contributed by atoms with van der Waals surface area (Å²) in [5.41, 5.74) is 15.4. The van der Waals surface area contributed by atoms with Crippen molar-refractivity contribution in [3.63, 3.8) is 0 Å². The maximum atomic E-state index is 3.75. The van der Waals surface area contributed by atoms with Crippen molar-refractivity contribution in [1.82, 2.24) is 14.1 Å². The van der Waals surface area contributed by atoms with Crippen LogP contribution in [-0.2, 0) is 7.05 Å². The number of nitrogens with zero attached hydrogens (tertiary/aromatic N) is 2. The molecule has 3 nitrogen and oxygen atoms in total. The minimum Gasteiger partial charge on any atom is -0.354 e. The number of fused-ring (bicyclic) bond motifs is 22. The molecule has 13 aromatic rings. The number of aryl methyl sites for hydroxylation is 3. The molecule has 1 aliphatic rings. The van der Waals surface area contributed by atoms with Crippen molar-refractivity contribution in [2.45, 2.75) is 19.9 Å². The van der Waals surface area contributed by atoms with Crippen LogP contribution in [0.1, 0.15) is 28.3 Å². The van der Waals surface area contributed by atoms with Crippen LogP contribution in [0.15, 0.2) is 158 Å². The van der Waals surface area contributed by atoms with Gasteiger partial charge in [0.2, 0.25) is 0 Å². The second kappa shape index (κ2) is 11.0. The molecule has 1 unspecified atom stereocenters. The van der Waals surface area contributed by atoms with Crippen LogP contribution in [0, 0.1) is 13.8 Å². The Labute approximate surface area is 339 Å². The summed E-state index contributed by atoms with van der Waals surface area (Å²) in [5.74, 6) is 0. The molecule has 14 rings (SSSR count). The molecule has 0 saturated heterocycles. The molecule has 3 aromatic heterocycles. The quantitative estimate of drug-likeness (QED) is 0.173. The third-order valence-corrected chi connectivity index (χ3v) is 14.0. The van der Waals surface area contributed by atoms with Crippen LogP contribution in [0.2, 0.25) is 0 Å². The Morgan fingerprint density at radius 2 is 0.915 bits per heavy atom. The van der Waals surface area contributed by atoms with Gasteiger partial charge in [0.25, 0.3) is 0 Å². The van der Waals surface area contributed by atoms with Gasteiger partial charge in [0.1, 0.15) is 0 Å². The van der Waals surface area contributed by atoms with Crippen LogP contribution in [0.5, 0.6) is 0 Å². The van der Waals surface area contributed by atoms with Gasteiger partial charge in [-0.15, -0.1) is 0 Å². The van der Waals surface area contributed by atoms with Crippen molar-refractivity contribution >= 4 is 109 Å². The van der Waals surface area contributed by atoms with Crippen LogP contribution in [0.4, 0.5) is 0 Å². The lowest BCUT2D eigenvalue weighted by Crippen LogP contribution is -2.09. The first-order valence-electron chi connectivity index (χ1n) is 20.8. The summed E-state index contributed by atoms with van der Waals surface area (Å²) in [6, 6.07) is 60.1. The summed E-state index contributed by atoms with van der Waals surface area (Å²) in [6.07, 6.45) is 0. The van der Waals surface area contributed by atoms with Crippen molar-refractivity contribution in [2.24, 2.45) is 7.05 Å². The van der Waals surface area contributed by atoms with E-state index in [0.717, 1.165) is 0 Å². The molecule has 3 heteroatoms. The highest BCUT2D eigenvalue weighted by molar-refractivity contribution is 6.31. The van der Waals surface area contributed by atoms with Crippen molar-refractivity contribution in [1.29, 1.82) is 0 Å². The summed E-state index contributed by atoms with van der Waals surface area (Å²) in [7, 11) is 2.22. The topological polar surface area (TPSA) is 25.6 Å². The van der Waals surface area contributed by atoms with Gasteiger partial charge in [-0.1, -0.05) is 120 Å². The molecule has 1 atom stereocenters. The van der Waals surface area contributed by atoms with E-state index >= 15 is 0 Å². The van der Waals surface area contributed by atoms with Gasteiger partial charge in [-0.2, -0.15) is 0 Å². The van der Waals surface area contributed by atoms with Gasteiger partial charge in [-0.05, 0) is 128 Å². The summed E-state index contributed by atoms with van der Waals surface area (Å²) < 4.78 is 5.05. The number of benzene rings is 10. The summed E-state index contributed by atoms with van der Waals surface area (Å²) in [5, 5.41) is 18.3. The fourth-order valence-electron chi connectivity index (χ4n) is 11.5. The van der Waals surface area contributed by atoms with E-state index in [9.17, 15) is 0 Å². The number of H-pyrrole nitrogens is 1. The van der Waals surface area contributed by atoms with Crippen molar-refractivity contribution in [3.05, 3.63) is 180 Å². The zero-order valence-electron chi connectivity index (χ0n) is 33.0. The maximum absolute atomic E-state index is 3.75. The van der Waals surface area contributed by atoms with Crippen molar-refractivity contribution < 1.29 is 0 Å². The first kappa shape index (κ1) is 31.7. The second-order valence-electron chi connectivity index (χ2n) is 17.1. The van der Waals surface area contributed by atoms with Gasteiger partial charge in [-0.3, -0.25) is 0 Å². The highest BCUT2D eigenvalue weighted by Crippen LogP contribution is 2.55. The average Bonchev–Trinajstić information content (AvgIpc) is 3.99. The Hall–Kier alpha value is -7.36. The standard InChI is InChI=1S/C56H37N3/c1-30-12-22-44-42(28-30)50-36-16-18-40-52(37(36)20-23-45(50)57-44)53-38-21-27-48-55(54-35-11-7-5-9-33(35)14-25-47(54)58(48)3)39(38)17-19-41(53)56(40)59-46-24-13-31(2)29-43(46)51-34-10-6-4-8-32(34)15-26-49(51)59/h4-29,56-57H,1-3H3. The van der Waals surface area contributed by atoms with Gasteiger partial charge in [0.15, 0.2) is 0 Å². The second-order valence-corrected chi connectivity index (χ2v) is 17.1. The Balaban J connectivity index is 1.18. The van der Waals surface area contributed by atoms with Crippen LogP contribution < -0.4 is 0 Å². The molecule has 0 fully saturated rings. The summed E-state index contributed by atoms with van der Waals surface area (Å²) in [4.78, 5) is 3.75. The SMILES string of the molecule is Cc1ccc2[nH]c3ccc4c5c(ccc4c3c2c1)C(n1c2ccc(C)cc2c2c3ccccc3ccc21)c1ccc2c(ccc3c2c2c4ccccc4ccc2n3C)c1-5. The lowest BCUT2D eigenvalue weighted by molar-refractivity contribution is 0.747. The third-order valence-electron chi connectivity index (χ3n) is 14.0. The normalized spacial score (nSPS) is 14.2. The molecule has 10 aromatic carbocycles. The Morgan fingerprint density at radius 3 is 1.64 bits per heavy atom. The van der Waals surface area contributed by atoms with E-state index in [4.69, 9.17) is 0 Å². The lowest BCUT2D eigenvalue weighted by Gasteiger charge is -2.20. The molecular formula is C56H37N3. The zero-order valence-corrected chi connectivity index (χ0v) is 33.0. The minimum absolute atomic E-state index is 0.0253. The van der Waals surface area contributed by atoms with E-state index in [1.807, 2.05) is 0 Å². The molecule has 0 radical (unpaired) electrons. The number of nitrogens with one attached hydrogen (secondary N) is 1. The third kappa shape index (κ3) is 3.93. The number of hydrogen-bond donors (Lipinski definition) is 1. The molecule has 1 aliphatic carbocycles. The van der Waals surface area contributed by atoms with Gasteiger partial charge >= 0.3 is 0 Å². The van der Waals surface area contributed by atoms with Gasteiger partial charge in [0, 0.05) is 61.4 Å². The zero-order chi connectivity index (χ0) is 38.8. The van der Waals surface area contributed by atoms with Crippen LogP contribution in [0.3, 0.4) is 0 Å². The summed E-state index contributed by atoms with van der Waals surface area (Å²) in [6.45, 7) is 4.41. The van der Waals surface area contributed by atoms with E-state index in [0.29, 0.717) is 0 Å². The maximum Gasteiger partial charge on any atom is 0.0857 e. The molecule has 276 valence electrons. The predicted octanol–water partition coefficient (Wildman–Crippen LogP) is 14.9. The predicted molar refractivity (Wildman–Crippen MR) is 251 cm³/mol. The van der Waals surface area contributed by atoms with E-state index in [1.165, 1.54) is 142 Å². The number of aromatic amines is 1. The van der Waals surface area contributed by atoms with Crippen molar-refractivity contribution in [3.8, 4) is 11.1 Å². The molecule has 0 bridgehead atoms. The van der Waals surface area contributed by atoms with Crippen molar-refractivity contribution in [2.75, 3.05) is 0 Å². The Morgan fingerprint density at radius 1 is 0.390 bits per heavy atom. The number of hydrogen-bond acceptors (Lipinski definition) is 0. The Bertz CT molecular complexity index is 4060. The van der Waals surface area contributed by atoms with E-state index in [2.05, 4.69) is 193 Å². The largest absolute Gasteiger partial charge is 0.354 e. The van der Waals surface area contributed by atoms with Crippen LogP contribution in [0.25, 0.3) is 120 Å². The fourth-order valence-corrected chi connectivity index (χ4v) is 11.5. The number of aromatic nitrogens is 3. The van der Waals surface area contributed by atoms with Crippen LogP contribution in [-0.4, -0.2) is 14.1 Å². The summed E-state index contributed by atoms with van der Waals surface area (Å²) >= 11 is 0.